The van der Waals surface area contributed by atoms with E-state index in [1.165, 1.54) is 25.2 Å². The molecule has 0 spiro atoms. The number of nitrogens with zero attached hydrogens (tertiary/aromatic N) is 2. The number of sulfonamides is 1. The Labute approximate surface area is 243 Å². The lowest BCUT2D eigenvalue weighted by Crippen LogP contribution is -2.53. The molecular weight excluding hydrogens is 542 g/mol. The third kappa shape index (κ3) is 8.47. The van der Waals surface area contributed by atoms with E-state index in [2.05, 4.69) is 5.32 Å². The lowest BCUT2D eigenvalue weighted by Gasteiger charge is -2.34. The Balaban J connectivity index is 2.09. The first kappa shape index (κ1) is 31.5. The van der Waals surface area contributed by atoms with Gasteiger partial charge in [0.15, 0.2) is 0 Å². The minimum Gasteiger partial charge on any atom is -0.497 e. The van der Waals surface area contributed by atoms with E-state index in [1.54, 1.807) is 12.1 Å². The van der Waals surface area contributed by atoms with Gasteiger partial charge in [0.2, 0.25) is 21.8 Å². The lowest BCUT2D eigenvalue weighted by atomic mass is 10.0. The van der Waals surface area contributed by atoms with Crippen LogP contribution in [0.25, 0.3) is 0 Å². The largest absolute Gasteiger partial charge is 0.497 e. The lowest BCUT2D eigenvalue weighted by molar-refractivity contribution is -0.140. The van der Waals surface area contributed by atoms with E-state index in [0.29, 0.717) is 12.3 Å². The summed E-state index contributed by atoms with van der Waals surface area (Å²) in [6.45, 7) is 3.94. The Hall–Kier alpha value is -4.05. The van der Waals surface area contributed by atoms with E-state index >= 15 is 0 Å². The van der Waals surface area contributed by atoms with Crippen molar-refractivity contribution in [3.63, 3.8) is 0 Å². The number of carbonyl (C=O) groups is 2. The summed E-state index contributed by atoms with van der Waals surface area (Å²) in [4.78, 5) is 29.3. The third-order valence-corrected chi connectivity index (χ3v) is 7.88. The predicted octanol–water partition coefficient (Wildman–Crippen LogP) is 3.94. The second-order valence-electron chi connectivity index (χ2n) is 9.75. The molecule has 3 aromatic carbocycles. The standard InChI is InChI=1S/C31H39N3O6S/c1-6-18-32-31(36)28(19-24-13-8-7-9-14-24)33(21-25-15-11-10-12-23(25)2)30(35)22-34(41(5,37)38)27-17-16-26(39-3)20-29(27)40-4/h7-17,20,28H,6,18-19,21-22H2,1-5H3,(H,32,36)/t28-/m0/s1. The number of hydrogen-bond donors (Lipinski definition) is 1. The van der Waals surface area contributed by atoms with Crippen molar-refractivity contribution in [2.24, 2.45) is 0 Å². The van der Waals surface area contributed by atoms with E-state index in [-0.39, 0.29) is 30.3 Å². The highest BCUT2D eigenvalue weighted by molar-refractivity contribution is 7.92. The van der Waals surface area contributed by atoms with Gasteiger partial charge in [-0.3, -0.25) is 13.9 Å². The van der Waals surface area contributed by atoms with Crippen LogP contribution in [0.4, 0.5) is 5.69 Å². The zero-order valence-electron chi connectivity index (χ0n) is 24.3. The van der Waals surface area contributed by atoms with Crippen molar-refractivity contribution in [2.75, 3.05) is 37.9 Å². The van der Waals surface area contributed by atoms with Crippen LogP contribution in [0.5, 0.6) is 11.5 Å². The second-order valence-corrected chi connectivity index (χ2v) is 11.7. The van der Waals surface area contributed by atoms with Crippen LogP contribution >= 0.6 is 0 Å². The fraction of sp³-hybridized carbons (Fsp3) is 0.355. The SMILES string of the molecule is CCCNC(=O)[C@H](Cc1ccccc1)N(Cc1ccccc1C)C(=O)CN(c1ccc(OC)cc1OC)S(C)(=O)=O. The zero-order valence-corrected chi connectivity index (χ0v) is 25.1. The van der Waals surface area contributed by atoms with Crippen LogP contribution in [0.2, 0.25) is 0 Å². The van der Waals surface area contributed by atoms with Crippen molar-refractivity contribution in [1.29, 1.82) is 0 Å². The molecule has 0 fully saturated rings. The minimum atomic E-state index is -3.93. The molecule has 0 bridgehead atoms. The molecule has 0 aliphatic carbocycles. The van der Waals surface area contributed by atoms with Crippen molar-refractivity contribution < 1.29 is 27.5 Å². The molecule has 0 aliphatic heterocycles. The minimum absolute atomic E-state index is 0.125. The van der Waals surface area contributed by atoms with Crippen LogP contribution in [-0.4, -0.2) is 64.7 Å². The number of rotatable bonds is 14. The van der Waals surface area contributed by atoms with Gasteiger partial charge < -0.3 is 19.7 Å². The Kier molecular flexibility index (Phi) is 11.2. The number of methoxy groups -OCH3 is 2. The fourth-order valence-electron chi connectivity index (χ4n) is 4.48. The van der Waals surface area contributed by atoms with Crippen molar-refractivity contribution in [1.82, 2.24) is 10.2 Å². The number of ether oxygens (including phenoxy) is 2. The maximum absolute atomic E-state index is 14.2. The molecule has 9 nitrogen and oxygen atoms in total. The average molecular weight is 582 g/mol. The highest BCUT2D eigenvalue weighted by atomic mass is 32.2. The van der Waals surface area contributed by atoms with Gasteiger partial charge in [0.1, 0.15) is 24.1 Å². The first-order valence-electron chi connectivity index (χ1n) is 13.4. The summed E-state index contributed by atoms with van der Waals surface area (Å²) >= 11 is 0. The molecule has 1 atom stereocenters. The van der Waals surface area contributed by atoms with E-state index in [9.17, 15) is 18.0 Å². The first-order valence-corrected chi connectivity index (χ1v) is 15.3. The Morgan fingerprint density at radius 1 is 0.951 bits per heavy atom. The highest BCUT2D eigenvalue weighted by Gasteiger charge is 2.34. The molecule has 0 radical (unpaired) electrons. The number of aryl methyl sites for hydroxylation is 1. The summed E-state index contributed by atoms with van der Waals surface area (Å²) in [5.74, 6) is -0.119. The summed E-state index contributed by atoms with van der Waals surface area (Å²) in [6.07, 6.45) is 2.03. The van der Waals surface area contributed by atoms with E-state index < -0.39 is 28.5 Å². The number of nitrogens with one attached hydrogen (secondary N) is 1. The molecule has 220 valence electrons. The molecule has 3 aromatic rings. The van der Waals surface area contributed by atoms with Crippen LogP contribution in [0.1, 0.15) is 30.0 Å². The number of benzene rings is 3. The summed E-state index contributed by atoms with van der Waals surface area (Å²) in [5, 5.41) is 2.94. The van der Waals surface area contributed by atoms with Gasteiger partial charge in [-0.2, -0.15) is 0 Å². The van der Waals surface area contributed by atoms with Gasteiger partial charge in [-0.15, -0.1) is 0 Å². The summed E-state index contributed by atoms with van der Waals surface area (Å²) < 4.78 is 37.8. The molecule has 0 aliphatic rings. The van der Waals surface area contributed by atoms with Gasteiger partial charge in [-0.1, -0.05) is 61.5 Å². The molecule has 0 unspecified atom stereocenters. The second kappa shape index (κ2) is 14.5. The molecule has 10 heteroatoms. The summed E-state index contributed by atoms with van der Waals surface area (Å²) in [5.41, 5.74) is 2.88. The molecule has 0 aromatic heterocycles. The molecule has 0 saturated heterocycles. The van der Waals surface area contributed by atoms with Crippen molar-refractivity contribution in [2.45, 2.75) is 39.3 Å². The van der Waals surface area contributed by atoms with E-state index in [4.69, 9.17) is 9.47 Å². The van der Waals surface area contributed by atoms with Crippen LogP contribution in [0.3, 0.4) is 0 Å². The predicted molar refractivity (Wildman–Crippen MR) is 161 cm³/mol. The van der Waals surface area contributed by atoms with Gasteiger partial charge >= 0.3 is 0 Å². The number of hydrogen-bond acceptors (Lipinski definition) is 6. The Morgan fingerprint density at radius 2 is 1.63 bits per heavy atom. The van der Waals surface area contributed by atoms with E-state index in [1.807, 2.05) is 68.4 Å². The number of carbonyl (C=O) groups excluding carboxylic acids is 2. The third-order valence-electron chi connectivity index (χ3n) is 6.76. The maximum Gasteiger partial charge on any atom is 0.244 e. The topological polar surface area (TPSA) is 105 Å². The van der Waals surface area contributed by atoms with Crippen LogP contribution in [-0.2, 0) is 32.6 Å². The fourth-order valence-corrected chi connectivity index (χ4v) is 5.33. The van der Waals surface area contributed by atoms with Gasteiger partial charge in [0.25, 0.3) is 0 Å². The Bertz CT molecular complexity index is 1430. The molecule has 3 rings (SSSR count). The van der Waals surface area contributed by atoms with Crippen molar-refractivity contribution in [3.8, 4) is 11.5 Å². The molecule has 1 N–H and O–H groups in total. The monoisotopic (exact) mass is 581 g/mol. The molecule has 41 heavy (non-hydrogen) atoms. The van der Waals surface area contributed by atoms with Gasteiger partial charge in [-0.05, 0) is 42.2 Å². The highest BCUT2D eigenvalue weighted by Crippen LogP contribution is 2.34. The van der Waals surface area contributed by atoms with Gasteiger partial charge in [0.05, 0.1) is 26.2 Å². The molecule has 0 saturated carbocycles. The van der Waals surface area contributed by atoms with Gasteiger partial charge in [-0.25, -0.2) is 8.42 Å². The van der Waals surface area contributed by atoms with Crippen molar-refractivity contribution in [3.05, 3.63) is 89.5 Å². The van der Waals surface area contributed by atoms with Crippen LogP contribution in [0, 0.1) is 6.92 Å². The average Bonchev–Trinajstić information content (AvgIpc) is 2.96. The van der Waals surface area contributed by atoms with Gasteiger partial charge in [0, 0.05) is 25.6 Å². The van der Waals surface area contributed by atoms with Crippen molar-refractivity contribution >= 4 is 27.5 Å². The van der Waals surface area contributed by atoms with Crippen LogP contribution < -0.4 is 19.1 Å². The summed E-state index contributed by atoms with van der Waals surface area (Å²) in [6, 6.07) is 20.9. The van der Waals surface area contributed by atoms with Crippen LogP contribution in [0.15, 0.2) is 72.8 Å². The zero-order chi connectivity index (χ0) is 30.0. The van der Waals surface area contributed by atoms with E-state index in [0.717, 1.165) is 33.7 Å². The molecule has 0 heterocycles. The first-order chi connectivity index (χ1) is 19.6. The summed E-state index contributed by atoms with van der Waals surface area (Å²) in [7, 11) is -1.03. The quantitative estimate of drug-likeness (QED) is 0.309. The smallest absolute Gasteiger partial charge is 0.244 e. The number of amides is 2. The molecular formula is C31H39N3O6S. The Morgan fingerprint density at radius 3 is 2.24 bits per heavy atom. The maximum atomic E-state index is 14.2. The number of anilines is 1. The normalized spacial score (nSPS) is 11.8. The molecule has 2 amide bonds.